The standard InChI is InChI=1S/C13H17N3O5/c1-7-4-10(15-11(14-7)13(19)20-3)16(2)9-6-21-5-8(9)12(17)18/h4,8-9H,5-6H2,1-3H3,(H,17,18). The number of aromatic nitrogens is 2. The summed E-state index contributed by atoms with van der Waals surface area (Å²) in [6.07, 6.45) is 0. The maximum atomic E-state index is 11.5. The van der Waals surface area contributed by atoms with Gasteiger partial charge < -0.3 is 19.5 Å². The number of rotatable bonds is 4. The van der Waals surface area contributed by atoms with Crippen LogP contribution in [0.5, 0.6) is 0 Å². The lowest BCUT2D eigenvalue weighted by atomic mass is 10.0. The summed E-state index contributed by atoms with van der Waals surface area (Å²) < 4.78 is 9.85. The highest BCUT2D eigenvalue weighted by Gasteiger charge is 2.37. The molecule has 2 atom stereocenters. The first-order chi connectivity index (χ1) is 9.93. The Bertz CT molecular complexity index is 563. The summed E-state index contributed by atoms with van der Waals surface area (Å²) in [5, 5.41) is 9.20. The summed E-state index contributed by atoms with van der Waals surface area (Å²) in [6, 6.07) is 1.34. The number of carbonyl (C=O) groups is 2. The Morgan fingerprint density at radius 1 is 1.43 bits per heavy atom. The van der Waals surface area contributed by atoms with Crippen LogP contribution in [0.3, 0.4) is 0 Å². The lowest BCUT2D eigenvalue weighted by Gasteiger charge is -2.27. The summed E-state index contributed by atoms with van der Waals surface area (Å²) in [7, 11) is 2.97. The van der Waals surface area contributed by atoms with Gasteiger partial charge in [0.1, 0.15) is 11.7 Å². The number of esters is 1. The van der Waals surface area contributed by atoms with Gasteiger partial charge in [-0.05, 0) is 6.92 Å². The quantitative estimate of drug-likeness (QED) is 0.781. The van der Waals surface area contributed by atoms with Crippen LogP contribution in [0.2, 0.25) is 0 Å². The van der Waals surface area contributed by atoms with Crippen LogP contribution in [-0.4, -0.2) is 60.4 Å². The van der Waals surface area contributed by atoms with Crippen molar-refractivity contribution in [3.63, 3.8) is 0 Å². The third kappa shape index (κ3) is 3.10. The molecule has 1 saturated heterocycles. The molecule has 1 aromatic rings. The van der Waals surface area contributed by atoms with Gasteiger partial charge in [-0.1, -0.05) is 0 Å². The van der Waals surface area contributed by atoms with Gasteiger partial charge in [-0.2, -0.15) is 0 Å². The fourth-order valence-electron chi connectivity index (χ4n) is 2.25. The molecule has 2 unspecified atom stereocenters. The van der Waals surface area contributed by atoms with E-state index in [9.17, 15) is 14.7 Å². The summed E-state index contributed by atoms with van der Waals surface area (Å²) in [4.78, 5) is 32.6. The van der Waals surface area contributed by atoms with E-state index in [4.69, 9.17) is 4.74 Å². The number of anilines is 1. The molecular weight excluding hydrogens is 278 g/mol. The number of hydrogen-bond acceptors (Lipinski definition) is 7. The molecule has 1 fully saturated rings. The topological polar surface area (TPSA) is 102 Å². The molecule has 0 aromatic carbocycles. The zero-order valence-electron chi connectivity index (χ0n) is 12.1. The average molecular weight is 295 g/mol. The molecular formula is C13H17N3O5. The Morgan fingerprint density at radius 2 is 2.14 bits per heavy atom. The minimum atomic E-state index is -0.914. The van der Waals surface area contributed by atoms with Gasteiger partial charge in [0.15, 0.2) is 0 Å². The van der Waals surface area contributed by atoms with E-state index in [-0.39, 0.29) is 18.5 Å². The molecule has 114 valence electrons. The van der Waals surface area contributed by atoms with Crippen molar-refractivity contribution in [3.8, 4) is 0 Å². The molecule has 2 rings (SSSR count). The van der Waals surface area contributed by atoms with Gasteiger partial charge in [0.2, 0.25) is 5.82 Å². The largest absolute Gasteiger partial charge is 0.481 e. The smallest absolute Gasteiger partial charge is 0.376 e. The van der Waals surface area contributed by atoms with Crippen LogP contribution < -0.4 is 4.90 Å². The van der Waals surface area contributed by atoms with Gasteiger partial charge >= 0.3 is 11.9 Å². The van der Waals surface area contributed by atoms with Crippen LogP contribution in [0.4, 0.5) is 5.82 Å². The molecule has 0 bridgehead atoms. The van der Waals surface area contributed by atoms with Crippen LogP contribution in [-0.2, 0) is 14.3 Å². The average Bonchev–Trinajstić information content (AvgIpc) is 2.94. The summed E-state index contributed by atoms with van der Waals surface area (Å²) in [5.74, 6) is -1.77. The fraction of sp³-hybridized carbons (Fsp3) is 0.538. The van der Waals surface area contributed by atoms with Crippen molar-refractivity contribution < 1.29 is 24.2 Å². The monoisotopic (exact) mass is 295 g/mol. The van der Waals surface area contributed by atoms with Gasteiger partial charge in [0, 0.05) is 18.8 Å². The third-order valence-corrected chi connectivity index (χ3v) is 3.44. The molecule has 0 amide bonds. The van der Waals surface area contributed by atoms with Crippen molar-refractivity contribution in [2.75, 3.05) is 32.3 Å². The number of carbonyl (C=O) groups excluding carboxylic acids is 1. The lowest BCUT2D eigenvalue weighted by molar-refractivity contribution is -0.141. The number of carboxylic acid groups (broad SMARTS) is 1. The first-order valence-corrected chi connectivity index (χ1v) is 6.41. The normalized spacial score (nSPS) is 21.1. The molecule has 1 aromatic heterocycles. The predicted octanol–water partition coefficient (Wildman–Crippen LogP) is 0.107. The van der Waals surface area contributed by atoms with E-state index in [0.29, 0.717) is 18.1 Å². The second-order valence-corrected chi connectivity index (χ2v) is 4.84. The molecule has 0 spiro atoms. The van der Waals surface area contributed by atoms with Crippen molar-refractivity contribution in [2.24, 2.45) is 5.92 Å². The lowest BCUT2D eigenvalue weighted by Crippen LogP contribution is -2.41. The summed E-state index contributed by atoms with van der Waals surface area (Å²) >= 11 is 0. The fourth-order valence-corrected chi connectivity index (χ4v) is 2.25. The van der Waals surface area contributed by atoms with Crippen LogP contribution >= 0.6 is 0 Å². The highest BCUT2D eigenvalue weighted by atomic mass is 16.5. The van der Waals surface area contributed by atoms with E-state index in [1.165, 1.54) is 7.11 Å². The summed E-state index contributed by atoms with van der Waals surface area (Å²) in [6.45, 7) is 2.19. The molecule has 0 radical (unpaired) electrons. The minimum Gasteiger partial charge on any atom is -0.481 e. The number of hydrogen-bond donors (Lipinski definition) is 1. The number of aliphatic carboxylic acids is 1. The predicted molar refractivity (Wildman–Crippen MR) is 72.2 cm³/mol. The highest BCUT2D eigenvalue weighted by Crippen LogP contribution is 2.23. The van der Waals surface area contributed by atoms with E-state index in [1.54, 1.807) is 24.9 Å². The molecule has 0 aliphatic carbocycles. The first kappa shape index (κ1) is 15.2. The zero-order chi connectivity index (χ0) is 15.6. The van der Waals surface area contributed by atoms with Gasteiger partial charge in [-0.15, -0.1) is 0 Å². The third-order valence-electron chi connectivity index (χ3n) is 3.44. The van der Waals surface area contributed by atoms with Crippen LogP contribution in [0.15, 0.2) is 6.07 Å². The second-order valence-electron chi connectivity index (χ2n) is 4.84. The van der Waals surface area contributed by atoms with Crippen molar-refractivity contribution in [2.45, 2.75) is 13.0 Å². The number of aryl methyl sites for hydroxylation is 1. The van der Waals surface area contributed by atoms with Crippen molar-refractivity contribution in [1.82, 2.24) is 9.97 Å². The number of nitrogens with zero attached hydrogens (tertiary/aromatic N) is 3. The maximum Gasteiger partial charge on any atom is 0.376 e. The Kier molecular flexibility index (Phi) is 4.37. The van der Waals surface area contributed by atoms with Crippen molar-refractivity contribution in [3.05, 3.63) is 17.6 Å². The van der Waals surface area contributed by atoms with E-state index in [2.05, 4.69) is 14.7 Å². The highest BCUT2D eigenvalue weighted by molar-refractivity contribution is 5.85. The van der Waals surface area contributed by atoms with Crippen molar-refractivity contribution >= 4 is 17.8 Å². The molecule has 2 heterocycles. The Hall–Kier alpha value is -2.22. The molecule has 21 heavy (non-hydrogen) atoms. The van der Waals surface area contributed by atoms with E-state index < -0.39 is 17.9 Å². The number of methoxy groups -OCH3 is 1. The Morgan fingerprint density at radius 3 is 2.76 bits per heavy atom. The number of ether oxygens (including phenoxy) is 2. The number of likely N-dealkylation sites (N-methyl/N-ethyl adjacent to an activating group) is 1. The minimum absolute atomic E-state index is 0.0508. The molecule has 8 heteroatoms. The number of carboxylic acids is 1. The molecule has 8 nitrogen and oxygen atoms in total. The summed E-state index contributed by atoms with van der Waals surface area (Å²) in [5.41, 5.74) is 0.595. The molecule has 1 aliphatic heterocycles. The molecule has 1 aliphatic rings. The van der Waals surface area contributed by atoms with E-state index >= 15 is 0 Å². The van der Waals surface area contributed by atoms with Gasteiger partial charge in [0.25, 0.3) is 0 Å². The SMILES string of the molecule is COC(=O)c1nc(C)cc(N(C)C2COCC2C(=O)O)n1. The van der Waals surface area contributed by atoms with E-state index in [1.807, 2.05) is 0 Å². The molecule has 1 N–H and O–H groups in total. The van der Waals surface area contributed by atoms with Gasteiger partial charge in [0.05, 0.1) is 26.4 Å². The Balaban J connectivity index is 2.30. The van der Waals surface area contributed by atoms with Crippen LogP contribution in [0, 0.1) is 12.8 Å². The van der Waals surface area contributed by atoms with Crippen molar-refractivity contribution in [1.29, 1.82) is 0 Å². The van der Waals surface area contributed by atoms with Crippen LogP contribution in [0.25, 0.3) is 0 Å². The van der Waals surface area contributed by atoms with Gasteiger partial charge in [-0.3, -0.25) is 4.79 Å². The maximum absolute atomic E-state index is 11.5. The van der Waals surface area contributed by atoms with Gasteiger partial charge in [-0.25, -0.2) is 14.8 Å². The Labute approximate surface area is 121 Å². The second kappa shape index (κ2) is 6.04. The zero-order valence-corrected chi connectivity index (χ0v) is 12.1. The van der Waals surface area contributed by atoms with Crippen LogP contribution in [0.1, 0.15) is 16.3 Å². The molecule has 0 saturated carbocycles. The van der Waals surface area contributed by atoms with E-state index in [0.717, 1.165) is 0 Å². The first-order valence-electron chi connectivity index (χ1n) is 6.41.